The van der Waals surface area contributed by atoms with Crippen LogP contribution in [0, 0.1) is 17.8 Å². The summed E-state index contributed by atoms with van der Waals surface area (Å²) in [6, 6.07) is 28.0. The smallest absolute Gasteiger partial charge is 0.330 e. The molecule has 0 spiro atoms. The third-order valence-corrected chi connectivity index (χ3v) is 15.6. The van der Waals surface area contributed by atoms with Gasteiger partial charge in [-0.1, -0.05) is 62.8 Å². The van der Waals surface area contributed by atoms with Crippen molar-refractivity contribution in [3.63, 3.8) is 0 Å². The van der Waals surface area contributed by atoms with E-state index in [4.69, 9.17) is 53.0 Å². The zero-order chi connectivity index (χ0) is 57.6. The first-order chi connectivity index (χ1) is 40.2. The summed E-state index contributed by atoms with van der Waals surface area (Å²) in [6.07, 6.45) is 20.9. The average molecular weight is 1140 g/mol. The Kier molecular flexibility index (Phi) is 26.6. The van der Waals surface area contributed by atoms with E-state index in [-0.39, 0.29) is 35.8 Å². The number of nitrogens with zero attached hydrogens (tertiary/aromatic N) is 3. The topological polar surface area (TPSA) is 180 Å². The Morgan fingerprint density at radius 1 is 0.610 bits per heavy atom. The Bertz CT molecular complexity index is 2750. The van der Waals surface area contributed by atoms with Crippen molar-refractivity contribution in [3.05, 3.63) is 122 Å². The van der Waals surface area contributed by atoms with E-state index in [1.165, 1.54) is 12.2 Å². The lowest BCUT2D eigenvalue weighted by atomic mass is 9.82. The number of ether oxygens (including phenoxy) is 7. The Hall–Kier alpha value is -7.24. The van der Waals surface area contributed by atoms with E-state index in [9.17, 15) is 19.2 Å². The Balaban J connectivity index is 0.886. The van der Waals surface area contributed by atoms with Crippen LogP contribution in [0.2, 0.25) is 0 Å². The van der Waals surface area contributed by atoms with E-state index in [1.54, 1.807) is 35.8 Å². The van der Waals surface area contributed by atoms with E-state index in [0.717, 1.165) is 111 Å². The van der Waals surface area contributed by atoms with Crippen molar-refractivity contribution in [3.8, 4) is 34.5 Å². The number of para-hydroxylation sites is 1. The molecule has 2 fully saturated rings. The molecule has 2 aliphatic carbocycles. The molecule has 0 bridgehead atoms. The summed E-state index contributed by atoms with van der Waals surface area (Å²) in [5.74, 6) is 1.91. The number of hydrogen-bond acceptors (Lipinski definition) is 17. The maximum absolute atomic E-state index is 13.8. The Labute approximate surface area is 487 Å². The highest BCUT2D eigenvalue weighted by atomic mass is 32.1. The highest BCUT2D eigenvalue weighted by Crippen LogP contribution is 2.35. The van der Waals surface area contributed by atoms with E-state index in [2.05, 4.69) is 26.1 Å². The molecule has 0 saturated heterocycles. The summed E-state index contributed by atoms with van der Waals surface area (Å²) < 4.78 is 41.5. The lowest BCUT2D eigenvalue weighted by molar-refractivity contribution is -0.218. The number of carbonyl (C=O) groups excluding carboxylic acids is 4. The van der Waals surface area contributed by atoms with Crippen LogP contribution in [0.4, 0.5) is 5.13 Å². The molecule has 0 atom stereocenters. The first kappa shape index (κ1) is 62.4. The number of hydrogen-bond donors (Lipinski definition) is 0. The van der Waals surface area contributed by atoms with Gasteiger partial charge in [0.25, 0.3) is 0 Å². The first-order valence-electron chi connectivity index (χ1n) is 29.4. The Morgan fingerprint density at radius 2 is 1.15 bits per heavy atom. The fourth-order valence-corrected chi connectivity index (χ4v) is 10.7. The van der Waals surface area contributed by atoms with Gasteiger partial charge in [0.2, 0.25) is 5.13 Å². The van der Waals surface area contributed by atoms with Gasteiger partial charge in [-0.25, -0.2) is 19.6 Å². The molecular formula is C65H81N3O13S. The molecule has 1 aromatic heterocycles. The van der Waals surface area contributed by atoms with Crippen molar-refractivity contribution in [1.29, 1.82) is 0 Å². The molecule has 5 aromatic rings. The van der Waals surface area contributed by atoms with Gasteiger partial charge in [0.05, 0.1) is 67.4 Å². The number of fused-ring (bicyclic) bond motifs is 1. The number of rotatable bonds is 36. The molecule has 2 saturated carbocycles. The highest BCUT2D eigenvalue weighted by molar-refractivity contribution is 7.22. The van der Waals surface area contributed by atoms with Crippen LogP contribution in [-0.4, -0.2) is 80.8 Å². The van der Waals surface area contributed by atoms with E-state index in [0.29, 0.717) is 112 Å². The number of unbranched alkanes of at least 4 members (excludes halogenated alkanes) is 9. The van der Waals surface area contributed by atoms with Gasteiger partial charge < -0.3 is 38.0 Å². The number of anilines is 1. The molecule has 7 rings (SSSR count). The van der Waals surface area contributed by atoms with Crippen LogP contribution >= 0.6 is 11.3 Å². The molecule has 0 aliphatic heterocycles. The van der Waals surface area contributed by atoms with Crippen LogP contribution in [0.25, 0.3) is 10.2 Å². The van der Waals surface area contributed by atoms with Gasteiger partial charge in [-0.05, 0) is 194 Å². The first-order valence-corrected chi connectivity index (χ1v) is 30.2. The van der Waals surface area contributed by atoms with Crippen molar-refractivity contribution in [1.82, 2.24) is 4.98 Å². The summed E-state index contributed by atoms with van der Waals surface area (Å²) >= 11 is 1.60. The number of aromatic nitrogens is 1. The van der Waals surface area contributed by atoms with Crippen molar-refractivity contribution in [2.24, 2.45) is 22.9 Å². The van der Waals surface area contributed by atoms with Gasteiger partial charge in [-0.3, -0.25) is 9.59 Å². The average Bonchev–Trinajstić information content (AvgIpc) is 4.15. The molecule has 0 radical (unpaired) electrons. The molecular weight excluding hydrogens is 1060 g/mol. The van der Waals surface area contributed by atoms with E-state index >= 15 is 0 Å². The van der Waals surface area contributed by atoms with Gasteiger partial charge in [-0.2, -0.15) is 9.99 Å². The zero-order valence-electron chi connectivity index (χ0n) is 47.6. The van der Waals surface area contributed by atoms with Gasteiger partial charge in [0, 0.05) is 24.3 Å². The minimum absolute atomic E-state index is 0.156. The maximum atomic E-state index is 13.8. The van der Waals surface area contributed by atoms with E-state index < -0.39 is 11.9 Å². The molecule has 4 aromatic carbocycles. The predicted octanol–water partition coefficient (Wildman–Crippen LogP) is 14.3. The van der Waals surface area contributed by atoms with Gasteiger partial charge in [0.1, 0.15) is 28.7 Å². The second kappa shape index (κ2) is 34.9. The third-order valence-electron chi connectivity index (χ3n) is 14.5. The van der Waals surface area contributed by atoms with Crippen LogP contribution in [0.1, 0.15) is 141 Å². The lowest BCUT2D eigenvalue weighted by Crippen LogP contribution is -2.30. The largest absolute Gasteiger partial charge is 0.494 e. The van der Waals surface area contributed by atoms with Gasteiger partial charge in [-0.15, -0.1) is 0 Å². The summed E-state index contributed by atoms with van der Waals surface area (Å²) in [6.45, 7) is 12.0. The summed E-state index contributed by atoms with van der Waals surface area (Å²) in [4.78, 5) is 65.7. The van der Waals surface area contributed by atoms with Crippen molar-refractivity contribution in [2.75, 3.05) is 44.6 Å². The molecule has 1 heterocycles. The van der Waals surface area contributed by atoms with Crippen LogP contribution in [-0.2, 0) is 33.5 Å². The second-order valence-electron chi connectivity index (χ2n) is 20.8. The summed E-state index contributed by atoms with van der Waals surface area (Å²) in [5, 5.41) is 7.79. The number of thiazole rings is 1. The number of esters is 4. The maximum Gasteiger partial charge on any atom is 0.330 e. The molecule has 0 unspecified atom stereocenters. The monoisotopic (exact) mass is 1140 g/mol. The number of hydrazone groups is 1. The fraction of sp³-hybridized carbons (Fsp3) is 0.477. The zero-order valence-corrected chi connectivity index (χ0v) is 48.4. The fourth-order valence-electron chi connectivity index (χ4n) is 9.70. The molecule has 16 nitrogen and oxygen atoms in total. The summed E-state index contributed by atoms with van der Waals surface area (Å²) in [7, 11) is 0. The Morgan fingerprint density at radius 3 is 1.74 bits per heavy atom. The number of carbonyl (C=O) groups is 4. The van der Waals surface area contributed by atoms with Crippen LogP contribution < -0.4 is 33.6 Å². The molecule has 440 valence electrons. The molecule has 0 amide bonds. The number of benzene rings is 4. The van der Waals surface area contributed by atoms with Crippen LogP contribution in [0.3, 0.4) is 0 Å². The predicted molar refractivity (Wildman–Crippen MR) is 318 cm³/mol. The van der Waals surface area contributed by atoms with Crippen LogP contribution in [0.5, 0.6) is 34.5 Å². The van der Waals surface area contributed by atoms with Crippen molar-refractivity contribution in [2.45, 2.75) is 141 Å². The summed E-state index contributed by atoms with van der Waals surface area (Å²) in [5.41, 5.74) is 1.59. The second-order valence-corrected chi connectivity index (χ2v) is 21.8. The highest BCUT2D eigenvalue weighted by Gasteiger charge is 2.31. The minimum Gasteiger partial charge on any atom is -0.494 e. The minimum atomic E-state index is -0.399. The SMILES string of the molecule is C=CC(=O)OCCCCCCOc1ccc(OOCC2CCC(C(=O)Oc3ccc(OC4CCC(C(=O)Oc5ccc(OCCCCCCOC(=O)C=C)cc5)CC4)c(/C=N/N(CCCCCC)c4nc5ccccc5s4)c3)CC2)cc1. The van der Waals surface area contributed by atoms with Crippen LogP contribution in [0.15, 0.2) is 121 Å². The normalized spacial score (nSPS) is 16.9. The molecule has 82 heavy (non-hydrogen) atoms. The van der Waals surface area contributed by atoms with Crippen molar-refractivity contribution < 1.29 is 62.1 Å². The van der Waals surface area contributed by atoms with Gasteiger partial charge >= 0.3 is 23.9 Å². The van der Waals surface area contributed by atoms with E-state index in [1.807, 2.05) is 71.7 Å². The molecule has 0 N–H and O–H groups in total. The lowest BCUT2D eigenvalue weighted by Gasteiger charge is -2.28. The quantitative estimate of drug-likeness (QED) is 0.00702. The standard InChI is InChI=1S/C65H81N3O13S/c1-4-7-8-15-40-68(65-67-58-20-13-14-21-60(58)82-65)66-46-51-45-57(80-64(72)49-24-22-48(23-25-49)47-77-81-56-36-32-53(33-37-56)74-42-17-10-12-19-44-76-62(70)6-3)38-39-59(51)78-54-28-26-50(27-29-54)63(71)79-55-34-30-52(31-35-55)73-41-16-9-11-18-43-75-61(69)5-2/h5-6,13-14,20-21,30-39,45-46,48-50,54H,2-4,7-12,15-19,22-29,40-44,47H2,1H3/b66-46+. The third kappa shape index (κ3) is 21.6. The molecule has 2 aliphatic rings. The van der Waals surface area contributed by atoms with Crippen molar-refractivity contribution >= 4 is 56.8 Å². The van der Waals surface area contributed by atoms with Gasteiger partial charge in [0.15, 0.2) is 5.75 Å². The molecule has 17 heteroatoms.